The van der Waals surface area contributed by atoms with Crippen LogP contribution in [0, 0.1) is 0 Å². The summed E-state index contributed by atoms with van der Waals surface area (Å²) in [5.41, 5.74) is 1.21. The van der Waals surface area contributed by atoms with Crippen molar-refractivity contribution < 1.29 is 19.4 Å². The highest BCUT2D eigenvalue weighted by Gasteiger charge is 2.21. The number of nitrogens with one attached hydrogen (secondary N) is 1. The third-order valence-electron chi connectivity index (χ3n) is 3.22. The molecule has 2 rings (SSSR count). The second-order valence-electron chi connectivity index (χ2n) is 4.79. The second-order valence-corrected chi connectivity index (χ2v) is 4.79. The molecule has 0 radical (unpaired) electrons. The number of benzene rings is 2. The van der Waals surface area contributed by atoms with Crippen molar-refractivity contribution in [2.45, 2.75) is 12.5 Å². The van der Waals surface area contributed by atoms with Crippen LogP contribution in [0.2, 0.25) is 0 Å². The van der Waals surface area contributed by atoms with Crippen molar-refractivity contribution in [1.29, 1.82) is 0 Å². The van der Waals surface area contributed by atoms with Gasteiger partial charge >= 0.3 is 5.97 Å². The molecule has 2 aromatic carbocycles. The number of amides is 1. The average Bonchev–Trinajstić information content (AvgIpc) is 2.55. The minimum absolute atomic E-state index is 0.228. The molecule has 5 nitrogen and oxygen atoms in total. The Bertz CT molecular complexity index is 655. The number of carboxylic acid groups (broad SMARTS) is 1. The molecule has 0 spiro atoms. The first-order valence-corrected chi connectivity index (χ1v) is 6.82. The molecule has 0 aromatic heterocycles. The number of hydrogen-bond acceptors (Lipinski definition) is 3. The maximum Gasteiger partial charge on any atom is 0.326 e. The smallest absolute Gasteiger partial charge is 0.326 e. The number of rotatable bonds is 6. The molecule has 1 unspecified atom stereocenters. The van der Waals surface area contributed by atoms with Crippen LogP contribution in [0.25, 0.3) is 0 Å². The molecule has 5 heteroatoms. The number of carbonyl (C=O) groups is 2. The highest BCUT2D eigenvalue weighted by molar-refractivity contribution is 5.96. The van der Waals surface area contributed by atoms with E-state index in [1.165, 1.54) is 7.11 Å². The lowest BCUT2D eigenvalue weighted by atomic mass is 10.1. The molecule has 0 saturated carbocycles. The molecule has 114 valence electrons. The standard InChI is InChI=1S/C17H17NO4/c1-22-14-9-5-8-13(11-14)16(19)18-15(17(20)21)10-12-6-3-2-4-7-12/h2-9,11,15H,10H2,1H3,(H,18,19)(H,20,21). The van der Waals surface area contributed by atoms with Gasteiger partial charge in [-0.2, -0.15) is 0 Å². The van der Waals surface area contributed by atoms with Crippen molar-refractivity contribution in [2.24, 2.45) is 0 Å². The summed E-state index contributed by atoms with van der Waals surface area (Å²) >= 11 is 0. The molecule has 0 bridgehead atoms. The number of carboxylic acids is 1. The zero-order valence-corrected chi connectivity index (χ0v) is 12.2. The molecule has 1 atom stereocenters. The van der Waals surface area contributed by atoms with Crippen molar-refractivity contribution in [2.75, 3.05) is 7.11 Å². The molecule has 0 aliphatic heterocycles. The molecular weight excluding hydrogens is 282 g/mol. The largest absolute Gasteiger partial charge is 0.497 e. The second kappa shape index (κ2) is 7.26. The van der Waals surface area contributed by atoms with E-state index in [0.29, 0.717) is 11.3 Å². The Hall–Kier alpha value is -2.82. The van der Waals surface area contributed by atoms with Gasteiger partial charge in [0.2, 0.25) is 0 Å². The van der Waals surface area contributed by atoms with Crippen LogP contribution in [-0.4, -0.2) is 30.1 Å². The van der Waals surface area contributed by atoms with Gasteiger partial charge in [0.05, 0.1) is 7.11 Å². The van der Waals surface area contributed by atoms with Crippen LogP contribution in [0.4, 0.5) is 0 Å². The Morgan fingerprint density at radius 2 is 1.86 bits per heavy atom. The maximum absolute atomic E-state index is 12.2. The van der Waals surface area contributed by atoms with Crippen LogP contribution in [-0.2, 0) is 11.2 Å². The highest BCUT2D eigenvalue weighted by Crippen LogP contribution is 2.13. The van der Waals surface area contributed by atoms with E-state index in [4.69, 9.17) is 4.74 Å². The molecule has 0 saturated heterocycles. The summed E-state index contributed by atoms with van der Waals surface area (Å²) in [5, 5.41) is 11.8. The van der Waals surface area contributed by atoms with Gasteiger partial charge in [0.1, 0.15) is 11.8 Å². The number of carbonyl (C=O) groups excluding carboxylic acids is 1. The van der Waals surface area contributed by atoms with Gasteiger partial charge in [-0.25, -0.2) is 4.79 Å². The van der Waals surface area contributed by atoms with Gasteiger partial charge in [0.15, 0.2) is 0 Å². The summed E-state index contributed by atoms with van der Waals surface area (Å²) in [4.78, 5) is 23.5. The first kappa shape index (κ1) is 15.6. The molecule has 0 aliphatic rings. The summed E-state index contributed by atoms with van der Waals surface area (Å²) in [6.07, 6.45) is 0.228. The first-order chi connectivity index (χ1) is 10.6. The van der Waals surface area contributed by atoms with Crippen LogP contribution in [0.5, 0.6) is 5.75 Å². The van der Waals surface area contributed by atoms with E-state index < -0.39 is 17.9 Å². The van der Waals surface area contributed by atoms with E-state index in [1.807, 2.05) is 30.3 Å². The van der Waals surface area contributed by atoms with Gasteiger partial charge in [0.25, 0.3) is 5.91 Å². The van der Waals surface area contributed by atoms with Crippen LogP contribution in [0.3, 0.4) is 0 Å². The fourth-order valence-corrected chi connectivity index (χ4v) is 2.06. The molecular formula is C17H17NO4. The fraction of sp³-hybridized carbons (Fsp3) is 0.176. The zero-order valence-electron chi connectivity index (χ0n) is 12.2. The van der Waals surface area contributed by atoms with Crippen LogP contribution < -0.4 is 10.1 Å². The van der Waals surface area contributed by atoms with Crippen LogP contribution in [0.15, 0.2) is 54.6 Å². The zero-order chi connectivity index (χ0) is 15.9. The van der Waals surface area contributed by atoms with Gasteiger partial charge in [-0.15, -0.1) is 0 Å². The topological polar surface area (TPSA) is 75.6 Å². The van der Waals surface area contributed by atoms with Gasteiger partial charge in [-0.1, -0.05) is 36.4 Å². The summed E-state index contributed by atoms with van der Waals surface area (Å²) in [5.74, 6) is -0.968. The Balaban J connectivity index is 2.10. The number of hydrogen-bond donors (Lipinski definition) is 2. The minimum atomic E-state index is -1.07. The number of aliphatic carboxylic acids is 1. The lowest BCUT2D eigenvalue weighted by Gasteiger charge is -2.15. The van der Waals surface area contributed by atoms with Gasteiger partial charge in [0, 0.05) is 12.0 Å². The van der Waals surface area contributed by atoms with Gasteiger partial charge in [-0.3, -0.25) is 4.79 Å². The summed E-state index contributed by atoms with van der Waals surface area (Å²) in [7, 11) is 1.51. The molecule has 0 aliphatic carbocycles. The number of methoxy groups -OCH3 is 1. The van der Waals surface area contributed by atoms with Gasteiger partial charge in [-0.05, 0) is 23.8 Å². The monoisotopic (exact) mass is 299 g/mol. The lowest BCUT2D eigenvalue weighted by molar-refractivity contribution is -0.139. The molecule has 0 heterocycles. The van der Waals surface area contributed by atoms with E-state index in [-0.39, 0.29) is 6.42 Å². The van der Waals surface area contributed by atoms with E-state index in [0.717, 1.165) is 5.56 Å². The third-order valence-corrected chi connectivity index (χ3v) is 3.22. The van der Waals surface area contributed by atoms with Crippen molar-refractivity contribution in [3.63, 3.8) is 0 Å². The SMILES string of the molecule is COc1cccc(C(=O)NC(Cc2ccccc2)C(=O)O)c1. The molecule has 0 fully saturated rings. The van der Waals surface area contributed by atoms with Crippen molar-refractivity contribution in [3.8, 4) is 5.75 Å². The van der Waals surface area contributed by atoms with Crippen molar-refractivity contribution in [1.82, 2.24) is 5.32 Å². The highest BCUT2D eigenvalue weighted by atomic mass is 16.5. The fourth-order valence-electron chi connectivity index (χ4n) is 2.06. The van der Waals surface area contributed by atoms with E-state index >= 15 is 0 Å². The van der Waals surface area contributed by atoms with Gasteiger partial charge < -0.3 is 15.2 Å². The molecule has 2 aromatic rings. The molecule has 22 heavy (non-hydrogen) atoms. The maximum atomic E-state index is 12.2. The quantitative estimate of drug-likeness (QED) is 0.856. The third kappa shape index (κ3) is 4.09. The Morgan fingerprint density at radius 1 is 1.14 bits per heavy atom. The molecule has 1 amide bonds. The van der Waals surface area contributed by atoms with E-state index in [2.05, 4.69) is 5.32 Å². The Labute approximate surface area is 128 Å². The lowest BCUT2D eigenvalue weighted by Crippen LogP contribution is -2.42. The normalized spacial score (nSPS) is 11.5. The number of ether oxygens (including phenoxy) is 1. The molecule has 2 N–H and O–H groups in total. The van der Waals surface area contributed by atoms with E-state index in [9.17, 15) is 14.7 Å². The predicted octanol–water partition coefficient (Wildman–Crippen LogP) is 2.12. The summed E-state index contributed by atoms with van der Waals surface area (Å²) in [6, 6.07) is 14.8. The van der Waals surface area contributed by atoms with Crippen LogP contribution in [0.1, 0.15) is 15.9 Å². The van der Waals surface area contributed by atoms with Crippen LogP contribution >= 0.6 is 0 Å². The predicted molar refractivity (Wildman–Crippen MR) is 82.0 cm³/mol. The van der Waals surface area contributed by atoms with Crippen molar-refractivity contribution >= 4 is 11.9 Å². The summed E-state index contributed by atoms with van der Waals surface area (Å²) < 4.78 is 5.06. The minimum Gasteiger partial charge on any atom is -0.497 e. The average molecular weight is 299 g/mol. The Kier molecular flexibility index (Phi) is 5.14. The van der Waals surface area contributed by atoms with E-state index in [1.54, 1.807) is 24.3 Å². The Morgan fingerprint density at radius 3 is 2.50 bits per heavy atom. The van der Waals surface area contributed by atoms with Crippen molar-refractivity contribution in [3.05, 3.63) is 65.7 Å². The summed E-state index contributed by atoms with van der Waals surface area (Å²) in [6.45, 7) is 0. The first-order valence-electron chi connectivity index (χ1n) is 6.82.